The van der Waals surface area contributed by atoms with Gasteiger partial charge in [0.1, 0.15) is 6.04 Å². The topological polar surface area (TPSA) is 109 Å². The number of carbonyl (C=O) groups excluding carboxylic acids is 3. The van der Waals surface area contributed by atoms with E-state index in [1.807, 2.05) is 70.7 Å². The molecule has 9 nitrogen and oxygen atoms in total. The summed E-state index contributed by atoms with van der Waals surface area (Å²) in [4.78, 5) is 51.9. The molecular formula is C32H26N6O3S2. The zero-order valence-electron chi connectivity index (χ0n) is 22.9. The first kappa shape index (κ1) is 27.0. The molecule has 4 heterocycles. The van der Waals surface area contributed by atoms with Crippen LogP contribution in [0.25, 0.3) is 26.4 Å². The highest BCUT2D eigenvalue weighted by atomic mass is 32.1. The minimum atomic E-state index is -0.792. The molecule has 11 heteroatoms. The van der Waals surface area contributed by atoms with E-state index >= 15 is 0 Å². The number of hydrogen-bond donors (Lipinski definition) is 2. The SMILES string of the molecule is O=C(N[C@H](C(=O)N1CCCC1)c1ccccc1)c1nc2ccc(NC(=O)c3ccccc3-c3cn4ccsc4n3)cc2s1. The number of thiazole rings is 2. The number of rotatable bonds is 7. The molecule has 1 fully saturated rings. The third-order valence-electron chi connectivity index (χ3n) is 7.45. The van der Waals surface area contributed by atoms with Gasteiger partial charge < -0.3 is 15.5 Å². The maximum Gasteiger partial charge on any atom is 0.281 e. The van der Waals surface area contributed by atoms with Gasteiger partial charge in [0.2, 0.25) is 5.91 Å². The molecule has 2 N–H and O–H groups in total. The number of aromatic nitrogens is 3. The number of nitrogens with zero attached hydrogens (tertiary/aromatic N) is 4. The van der Waals surface area contributed by atoms with Crippen LogP contribution in [0.5, 0.6) is 0 Å². The van der Waals surface area contributed by atoms with Gasteiger partial charge in [0.25, 0.3) is 11.8 Å². The van der Waals surface area contributed by atoms with Gasteiger partial charge in [-0.05, 0) is 42.7 Å². The third-order valence-corrected chi connectivity index (χ3v) is 9.24. The summed E-state index contributed by atoms with van der Waals surface area (Å²) in [7, 11) is 0. The standard InChI is InChI=1S/C32H26N6O3S2/c39-28(23-11-5-4-10-22(23)25-19-38-16-17-42-32(38)35-25)33-21-12-13-24-26(18-21)43-30(34-24)29(40)36-27(20-8-2-1-3-9-20)31(41)37-14-6-7-15-37/h1-5,8-13,16-19,27H,6-7,14-15H2,(H,33,39)(H,36,40)/t27-/m0/s1. The highest BCUT2D eigenvalue weighted by Crippen LogP contribution is 2.29. The zero-order chi connectivity index (χ0) is 29.3. The highest BCUT2D eigenvalue weighted by Gasteiger charge is 2.30. The normalized spacial score (nSPS) is 13.8. The number of nitrogens with one attached hydrogen (secondary N) is 2. The first-order valence-electron chi connectivity index (χ1n) is 13.9. The van der Waals surface area contributed by atoms with Gasteiger partial charge in [0.15, 0.2) is 9.97 Å². The maximum atomic E-state index is 13.4. The van der Waals surface area contributed by atoms with Crippen LogP contribution in [-0.4, -0.2) is 50.1 Å². The Morgan fingerprint density at radius 3 is 2.49 bits per heavy atom. The molecule has 0 unspecified atom stereocenters. The van der Waals surface area contributed by atoms with Crippen LogP contribution in [-0.2, 0) is 4.79 Å². The van der Waals surface area contributed by atoms with E-state index in [0.717, 1.165) is 39.3 Å². The number of fused-ring (bicyclic) bond motifs is 2. The number of likely N-dealkylation sites (tertiary alicyclic amines) is 1. The monoisotopic (exact) mass is 606 g/mol. The maximum absolute atomic E-state index is 13.4. The van der Waals surface area contributed by atoms with Gasteiger partial charge >= 0.3 is 0 Å². The van der Waals surface area contributed by atoms with Crippen molar-refractivity contribution >= 4 is 61.3 Å². The molecule has 3 amide bonds. The highest BCUT2D eigenvalue weighted by molar-refractivity contribution is 7.20. The Morgan fingerprint density at radius 1 is 0.884 bits per heavy atom. The van der Waals surface area contributed by atoms with Crippen molar-refractivity contribution in [1.29, 1.82) is 0 Å². The number of hydrogen-bond acceptors (Lipinski definition) is 7. The van der Waals surface area contributed by atoms with E-state index in [2.05, 4.69) is 20.6 Å². The van der Waals surface area contributed by atoms with Gasteiger partial charge in [0.05, 0.1) is 15.9 Å². The van der Waals surface area contributed by atoms with Crippen LogP contribution in [0.3, 0.4) is 0 Å². The van der Waals surface area contributed by atoms with Gasteiger partial charge in [-0.25, -0.2) is 9.97 Å². The largest absolute Gasteiger partial charge is 0.341 e. The molecule has 3 aromatic carbocycles. The molecule has 1 saturated heterocycles. The molecule has 214 valence electrons. The Balaban J connectivity index is 1.11. The Labute approximate surface area is 254 Å². The second kappa shape index (κ2) is 11.4. The predicted molar refractivity (Wildman–Crippen MR) is 169 cm³/mol. The van der Waals surface area contributed by atoms with Crippen molar-refractivity contribution in [1.82, 2.24) is 24.6 Å². The average Bonchev–Trinajstić information content (AvgIpc) is 3.84. The summed E-state index contributed by atoms with van der Waals surface area (Å²) in [6, 6.07) is 21.2. The van der Waals surface area contributed by atoms with E-state index in [-0.39, 0.29) is 16.8 Å². The van der Waals surface area contributed by atoms with Crippen molar-refractivity contribution in [2.45, 2.75) is 18.9 Å². The van der Waals surface area contributed by atoms with Crippen LogP contribution < -0.4 is 10.6 Å². The van der Waals surface area contributed by atoms with Gasteiger partial charge in [-0.1, -0.05) is 48.5 Å². The Morgan fingerprint density at radius 2 is 1.67 bits per heavy atom. The fraction of sp³-hybridized carbons (Fsp3) is 0.156. The minimum absolute atomic E-state index is 0.112. The van der Waals surface area contributed by atoms with Crippen molar-refractivity contribution in [3.8, 4) is 11.3 Å². The molecule has 1 aliphatic rings. The molecule has 3 aromatic heterocycles. The Bertz CT molecular complexity index is 1940. The summed E-state index contributed by atoms with van der Waals surface area (Å²) in [5.74, 6) is -0.791. The molecule has 0 bridgehead atoms. The summed E-state index contributed by atoms with van der Waals surface area (Å²) < 4.78 is 2.68. The summed E-state index contributed by atoms with van der Waals surface area (Å²) in [5, 5.41) is 8.12. The molecule has 0 spiro atoms. The molecular weight excluding hydrogens is 581 g/mol. The summed E-state index contributed by atoms with van der Waals surface area (Å²) in [6.45, 7) is 1.39. The number of benzene rings is 3. The van der Waals surface area contributed by atoms with Crippen LogP contribution in [0.4, 0.5) is 5.69 Å². The van der Waals surface area contributed by atoms with Crippen molar-refractivity contribution in [2.24, 2.45) is 0 Å². The number of imidazole rings is 1. The zero-order valence-corrected chi connectivity index (χ0v) is 24.5. The molecule has 0 aliphatic carbocycles. The molecule has 7 rings (SSSR count). The lowest BCUT2D eigenvalue weighted by atomic mass is 10.0. The summed E-state index contributed by atoms with van der Waals surface area (Å²) in [6.07, 6.45) is 5.78. The van der Waals surface area contributed by atoms with E-state index in [1.54, 1.807) is 29.2 Å². The molecule has 0 radical (unpaired) electrons. The second-order valence-corrected chi connectivity index (χ2v) is 12.2. The van der Waals surface area contributed by atoms with Crippen molar-refractivity contribution < 1.29 is 14.4 Å². The molecule has 6 aromatic rings. The fourth-order valence-corrected chi connectivity index (χ4v) is 6.91. The average molecular weight is 607 g/mol. The molecule has 1 aliphatic heterocycles. The van der Waals surface area contributed by atoms with Crippen LogP contribution >= 0.6 is 22.7 Å². The van der Waals surface area contributed by atoms with Gasteiger partial charge in [-0.3, -0.25) is 18.8 Å². The van der Waals surface area contributed by atoms with Crippen molar-refractivity contribution in [3.63, 3.8) is 0 Å². The smallest absolute Gasteiger partial charge is 0.281 e. The fourth-order valence-electron chi connectivity index (χ4n) is 5.31. The number of amides is 3. The van der Waals surface area contributed by atoms with Crippen molar-refractivity contribution in [2.75, 3.05) is 18.4 Å². The van der Waals surface area contributed by atoms with E-state index in [9.17, 15) is 14.4 Å². The van der Waals surface area contributed by atoms with E-state index in [0.29, 0.717) is 29.9 Å². The lowest BCUT2D eigenvalue weighted by molar-refractivity contribution is -0.132. The van der Waals surface area contributed by atoms with Gasteiger partial charge in [0, 0.05) is 47.7 Å². The van der Waals surface area contributed by atoms with Crippen LogP contribution in [0, 0.1) is 0 Å². The predicted octanol–water partition coefficient (Wildman–Crippen LogP) is 6.02. The molecule has 0 saturated carbocycles. The van der Waals surface area contributed by atoms with Gasteiger partial charge in [-0.15, -0.1) is 22.7 Å². The van der Waals surface area contributed by atoms with E-state index < -0.39 is 11.9 Å². The number of carbonyl (C=O) groups is 3. The van der Waals surface area contributed by atoms with E-state index in [4.69, 9.17) is 0 Å². The molecule has 43 heavy (non-hydrogen) atoms. The Hall–Kier alpha value is -4.87. The van der Waals surface area contributed by atoms with Crippen molar-refractivity contribution in [3.05, 3.63) is 107 Å². The minimum Gasteiger partial charge on any atom is -0.341 e. The number of anilines is 1. The van der Waals surface area contributed by atoms with Crippen LogP contribution in [0.1, 0.15) is 44.6 Å². The molecule has 1 atom stereocenters. The third kappa shape index (κ3) is 5.40. The summed E-state index contributed by atoms with van der Waals surface area (Å²) in [5.41, 5.74) is 3.92. The quantitative estimate of drug-likeness (QED) is 0.231. The van der Waals surface area contributed by atoms with Crippen LogP contribution in [0.2, 0.25) is 0 Å². The Kier molecular flexibility index (Phi) is 7.17. The lowest BCUT2D eigenvalue weighted by Gasteiger charge is -2.24. The first-order chi connectivity index (χ1) is 21.0. The van der Waals surface area contributed by atoms with Gasteiger partial charge in [-0.2, -0.15) is 0 Å². The summed E-state index contributed by atoms with van der Waals surface area (Å²) >= 11 is 2.75. The lowest BCUT2D eigenvalue weighted by Crippen LogP contribution is -2.41. The first-order valence-corrected chi connectivity index (χ1v) is 15.6. The second-order valence-electron chi connectivity index (χ2n) is 10.3. The van der Waals surface area contributed by atoms with E-state index in [1.165, 1.54) is 22.7 Å². The van der Waals surface area contributed by atoms with Crippen LogP contribution in [0.15, 0.2) is 90.6 Å².